The summed E-state index contributed by atoms with van der Waals surface area (Å²) in [5, 5.41) is 15.2. The topological polar surface area (TPSA) is 105 Å². The molecule has 1 fully saturated rings. The van der Waals surface area contributed by atoms with Crippen LogP contribution >= 0.6 is 0 Å². The molecule has 1 saturated carbocycles. The van der Waals surface area contributed by atoms with Gasteiger partial charge in [0, 0.05) is 5.92 Å². The average molecular weight is 465 g/mol. The monoisotopic (exact) mass is 464 g/mol. The van der Waals surface area contributed by atoms with Crippen molar-refractivity contribution in [2.75, 3.05) is 6.61 Å². The molecule has 2 amide bonds. The molecule has 34 heavy (non-hydrogen) atoms. The third kappa shape index (κ3) is 4.79. The second-order valence-corrected chi connectivity index (χ2v) is 9.25. The molecule has 0 unspecified atom stereocenters. The summed E-state index contributed by atoms with van der Waals surface area (Å²) in [6, 6.07) is 15.3. The Bertz CT molecular complexity index is 1010. The Balaban J connectivity index is 1.41. The van der Waals surface area contributed by atoms with Gasteiger partial charge in [0.05, 0.1) is 0 Å². The number of carbonyl (C=O) groups is 3. The molecule has 4 rings (SSSR count). The minimum atomic E-state index is -1.26. The lowest BCUT2D eigenvalue weighted by Crippen LogP contribution is -2.60. The molecule has 0 aliphatic heterocycles. The second kappa shape index (κ2) is 10.3. The highest BCUT2D eigenvalue weighted by Gasteiger charge is 2.42. The molecule has 7 heteroatoms. The highest BCUT2D eigenvalue weighted by Crippen LogP contribution is 2.44. The Morgan fingerprint density at radius 2 is 1.59 bits per heavy atom. The zero-order valence-electron chi connectivity index (χ0n) is 19.5. The third-order valence-corrected chi connectivity index (χ3v) is 7.01. The standard InChI is InChI=1S/C27H32N2O5/c1-2-10-23(24(30)29-27(25(31)32)15-8-3-9-16-27)28-26(33)34-17-22-20-13-6-4-11-18(20)19-12-5-7-14-21(19)22/h4-7,11-14,22-23H,2-3,8-10,15-17H2,1H3,(H,28,33)(H,29,30)(H,31,32)/t23-/m1/s1. The van der Waals surface area contributed by atoms with Gasteiger partial charge in [-0.1, -0.05) is 81.1 Å². The summed E-state index contributed by atoms with van der Waals surface area (Å²) in [4.78, 5) is 37.6. The summed E-state index contributed by atoms with van der Waals surface area (Å²) < 4.78 is 5.58. The van der Waals surface area contributed by atoms with Crippen molar-refractivity contribution in [2.24, 2.45) is 0 Å². The first-order valence-electron chi connectivity index (χ1n) is 12.1. The summed E-state index contributed by atoms with van der Waals surface area (Å²) in [6.07, 6.45) is 3.64. The zero-order valence-corrected chi connectivity index (χ0v) is 19.5. The van der Waals surface area contributed by atoms with E-state index in [1.807, 2.05) is 43.3 Å². The van der Waals surface area contributed by atoms with Crippen molar-refractivity contribution in [1.82, 2.24) is 10.6 Å². The van der Waals surface area contributed by atoms with Crippen molar-refractivity contribution in [1.29, 1.82) is 0 Å². The van der Waals surface area contributed by atoms with Crippen LogP contribution in [0.4, 0.5) is 4.79 Å². The van der Waals surface area contributed by atoms with E-state index < -0.39 is 29.6 Å². The van der Waals surface area contributed by atoms with Crippen molar-refractivity contribution in [3.63, 3.8) is 0 Å². The zero-order chi connectivity index (χ0) is 24.1. The lowest BCUT2D eigenvalue weighted by atomic mass is 9.81. The van der Waals surface area contributed by atoms with Gasteiger partial charge in [0.15, 0.2) is 0 Å². The molecule has 180 valence electrons. The maximum atomic E-state index is 13.0. The van der Waals surface area contributed by atoms with Crippen molar-refractivity contribution in [3.8, 4) is 11.1 Å². The number of carbonyl (C=O) groups excluding carboxylic acids is 2. The minimum absolute atomic E-state index is 0.0749. The molecule has 0 saturated heterocycles. The maximum absolute atomic E-state index is 13.0. The van der Waals surface area contributed by atoms with E-state index >= 15 is 0 Å². The third-order valence-electron chi connectivity index (χ3n) is 7.01. The van der Waals surface area contributed by atoms with Crippen LogP contribution in [0, 0.1) is 0 Å². The summed E-state index contributed by atoms with van der Waals surface area (Å²) in [5.74, 6) is -1.56. The number of rotatable bonds is 8. The van der Waals surface area contributed by atoms with Crippen LogP contribution in [0.2, 0.25) is 0 Å². The van der Waals surface area contributed by atoms with Gasteiger partial charge in [-0.2, -0.15) is 0 Å². The molecule has 7 nitrogen and oxygen atoms in total. The van der Waals surface area contributed by atoms with Gasteiger partial charge in [-0.15, -0.1) is 0 Å². The summed E-state index contributed by atoms with van der Waals surface area (Å²) >= 11 is 0. The predicted molar refractivity (Wildman–Crippen MR) is 128 cm³/mol. The Labute approximate surface area is 199 Å². The second-order valence-electron chi connectivity index (χ2n) is 9.25. The molecule has 2 aliphatic rings. The normalized spacial score (nSPS) is 17.2. The molecule has 2 aromatic carbocycles. The Morgan fingerprint density at radius 1 is 1.00 bits per heavy atom. The van der Waals surface area contributed by atoms with Gasteiger partial charge in [-0.05, 0) is 41.5 Å². The fraction of sp³-hybridized carbons (Fsp3) is 0.444. The molecule has 2 aromatic rings. The van der Waals surface area contributed by atoms with Crippen LogP contribution in [-0.4, -0.2) is 41.3 Å². The van der Waals surface area contributed by atoms with Gasteiger partial charge in [0.2, 0.25) is 5.91 Å². The SMILES string of the molecule is CCC[C@@H](NC(=O)OCC1c2ccccc2-c2ccccc21)C(=O)NC1(C(=O)O)CCCCC1. The quantitative estimate of drug-likeness (QED) is 0.530. The maximum Gasteiger partial charge on any atom is 0.407 e. The van der Waals surface area contributed by atoms with Crippen LogP contribution in [0.5, 0.6) is 0 Å². The molecule has 3 N–H and O–H groups in total. The van der Waals surface area contributed by atoms with Crippen LogP contribution in [0.15, 0.2) is 48.5 Å². The van der Waals surface area contributed by atoms with Crippen molar-refractivity contribution in [2.45, 2.75) is 69.4 Å². The highest BCUT2D eigenvalue weighted by atomic mass is 16.5. The van der Waals surface area contributed by atoms with Gasteiger partial charge < -0.3 is 20.5 Å². The van der Waals surface area contributed by atoms with Crippen molar-refractivity contribution in [3.05, 3.63) is 59.7 Å². The van der Waals surface area contributed by atoms with E-state index in [0.29, 0.717) is 25.7 Å². The molecule has 0 bridgehead atoms. The van der Waals surface area contributed by atoms with Gasteiger partial charge in [0.25, 0.3) is 0 Å². The lowest BCUT2D eigenvalue weighted by molar-refractivity contribution is -0.149. The number of aliphatic carboxylic acids is 1. The Morgan fingerprint density at radius 3 is 2.15 bits per heavy atom. The highest BCUT2D eigenvalue weighted by molar-refractivity contribution is 5.91. The molecule has 0 radical (unpaired) electrons. The minimum Gasteiger partial charge on any atom is -0.480 e. The molecular weight excluding hydrogens is 432 g/mol. The number of ether oxygens (including phenoxy) is 1. The summed E-state index contributed by atoms with van der Waals surface area (Å²) in [5.41, 5.74) is 3.24. The van der Waals surface area contributed by atoms with Crippen LogP contribution in [0.1, 0.15) is 68.9 Å². The smallest absolute Gasteiger partial charge is 0.407 e. The van der Waals surface area contributed by atoms with Gasteiger partial charge in [-0.3, -0.25) is 4.79 Å². The fourth-order valence-electron chi connectivity index (χ4n) is 5.21. The summed E-state index contributed by atoms with van der Waals surface area (Å²) in [6.45, 7) is 2.06. The van der Waals surface area contributed by atoms with Gasteiger partial charge in [-0.25, -0.2) is 9.59 Å². The molecule has 0 aromatic heterocycles. The first-order valence-corrected chi connectivity index (χ1v) is 12.1. The first-order chi connectivity index (χ1) is 16.4. The predicted octanol–water partition coefficient (Wildman–Crippen LogP) is 4.60. The van der Waals surface area contributed by atoms with Crippen molar-refractivity contribution >= 4 is 18.0 Å². The number of fused-ring (bicyclic) bond motifs is 3. The number of hydrogen-bond donors (Lipinski definition) is 3. The van der Waals surface area contributed by atoms with Crippen molar-refractivity contribution < 1.29 is 24.2 Å². The number of carboxylic acids is 1. The van der Waals surface area contributed by atoms with Crippen LogP contribution in [0.25, 0.3) is 11.1 Å². The molecule has 1 atom stereocenters. The van der Waals surface area contributed by atoms with Crippen LogP contribution < -0.4 is 10.6 Å². The van der Waals surface area contributed by atoms with E-state index in [1.54, 1.807) is 0 Å². The van der Waals surface area contributed by atoms with E-state index in [2.05, 4.69) is 22.8 Å². The molecule has 0 heterocycles. The molecule has 0 spiro atoms. The van der Waals surface area contributed by atoms with Gasteiger partial charge >= 0.3 is 12.1 Å². The largest absolute Gasteiger partial charge is 0.480 e. The first kappa shape index (κ1) is 23.8. The van der Waals surface area contributed by atoms with E-state index in [-0.39, 0.29) is 12.5 Å². The van der Waals surface area contributed by atoms with Crippen LogP contribution in [-0.2, 0) is 14.3 Å². The number of carboxylic acid groups (broad SMARTS) is 1. The van der Waals surface area contributed by atoms with Gasteiger partial charge in [0.1, 0.15) is 18.2 Å². The summed E-state index contributed by atoms with van der Waals surface area (Å²) in [7, 11) is 0. The fourth-order valence-corrected chi connectivity index (χ4v) is 5.21. The Kier molecular flexibility index (Phi) is 7.20. The number of benzene rings is 2. The van der Waals surface area contributed by atoms with E-state index in [9.17, 15) is 19.5 Å². The lowest BCUT2D eigenvalue weighted by Gasteiger charge is -2.35. The Hall–Kier alpha value is -3.35. The number of amides is 2. The van der Waals surface area contributed by atoms with E-state index in [0.717, 1.165) is 41.5 Å². The molecule has 2 aliphatic carbocycles. The number of nitrogens with one attached hydrogen (secondary N) is 2. The van der Waals surface area contributed by atoms with E-state index in [1.165, 1.54) is 0 Å². The van der Waals surface area contributed by atoms with Crippen LogP contribution in [0.3, 0.4) is 0 Å². The number of alkyl carbamates (subject to hydrolysis) is 1. The average Bonchev–Trinajstić information content (AvgIpc) is 3.16. The van der Waals surface area contributed by atoms with E-state index in [4.69, 9.17) is 4.74 Å². The molecular formula is C27H32N2O5. The number of hydrogen-bond acceptors (Lipinski definition) is 4.